The fraction of sp³-hybridized carbons (Fsp3) is 0.154. The van der Waals surface area contributed by atoms with Crippen LogP contribution in [0.3, 0.4) is 0 Å². The number of benzene rings is 1. The molecule has 0 saturated heterocycles. The Kier molecular flexibility index (Phi) is 3.26. The van der Waals surface area contributed by atoms with Gasteiger partial charge < -0.3 is 9.32 Å². The quantitative estimate of drug-likeness (QED) is 0.766. The maximum Gasteiger partial charge on any atom is 0.291 e. The lowest BCUT2D eigenvalue weighted by Crippen LogP contribution is -2.31. The number of rotatable bonds is 3. The van der Waals surface area contributed by atoms with E-state index in [4.69, 9.17) is 14.9 Å². The summed E-state index contributed by atoms with van der Waals surface area (Å²) in [5, 5.41) is 18.0. The molecule has 1 aromatic heterocycles. The highest BCUT2D eigenvalue weighted by Crippen LogP contribution is 2.19. The Bertz CT molecular complexity index is 612. The standard InChI is InChI=1S/C13H9N3O2/c14-5-7-16(8-6-15)13(17)12-9-10-3-1-2-4-11(10)18-12/h1-4,9H,7-8H2. The molecular formula is C13H9N3O2. The largest absolute Gasteiger partial charge is 0.451 e. The Morgan fingerprint density at radius 2 is 1.89 bits per heavy atom. The SMILES string of the molecule is N#CCN(CC#N)C(=O)c1cc2ccccc2o1. The fourth-order valence-electron chi connectivity index (χ4n) is 1.61. The maximum atomic E-state index is 12.0. The number of carbonyl (C=O) groups is 1. The first kappa shape index (κ1) is 11.7. The molecule has 1 aromatic carbocycles. The molecule has 0 atom stereocenters. The lowest BCUT2D eigenvalue weighted by molar-refractivity contribution is 0.0765. The molecule has 0 saturated carbocycles. The van der Waals surface area contributed by atoms with Gasteiger partial charge in [0.15, 0.2) is 5.76 Å². The third-order valence-corrected chi connectivity index (χ3v) is 2.45. The summed E-state index contributed by atoms with van der Waals surface area (Å²) < 4.78 is 5.39. The summed E-state index contributed by atoms with van der Waals surface area (Å²) in [7, 11) is 0. The molecule has 0 spiro atoms. The van der Waals surface area contributed by atoms with Crippen LogP contribution in [0, 0.1) is 22.7 Å². The Balaban J connectivity index is 2.32. The second kappa shape index (κ2) is 5.03. The topological polar surface area (TPSA) is 81.0 Å². The van der Waals surface area contributed by atoms with Crippen LogP contribution in [0.15, 0.2) is 34.7 Å². The number of nitriles is 2. The van der Waals surface area contributed by atoms with Gasteiger partial charge in [-0.25, -0.2) is 0 Å². The van der Waals surface area contributed by atoms with Gasteiger partial charge in [0.2, 0.25) is 0 Å². The average Bonchev–Trinajstić information content (AvgIpc) is 2.81. The molecule has 0 aliphatic heterocycles. The van der Waals surface area contributed by atoms with Gasteiger partial charge in [0.1, 0.15) is 18.7 Å². The molecule has 1 heterocycles. The number of para-hydroxylation sites is 1. The summed E-state index contributed by atoms with van der Waals surface area (Å²) in [4.78, 5) is 13.2. The van der Waals surface area contributed by atoms with Crippen LogP contribution in [-0.4, -0.2) is 23.9 Å². The minimum Gasteiger partial charge on any atom is -0.451 e. The van der Waals surface area contributed by atoms with E-state index in [2.05, 4.69) is 0 Å². The van der Waals surface area contributed by atoms with Gasteiger partial charge in [0, 0.05) is 5.39 Å². The van der Waals surface area contributed by atoms with Crippen molar-refractivity contribution in [2.75, 3.05) is 13.1 Å². The van der Waals surface area contributed by atoms with E-state index in [0.717, 1.165) is 10.3 Å². The van der Waals surface area contributed by atoms with E-state index in [-0.39, 0.29) is 18.8 Å². The van der Waals surface area contributed by atoms with Gasteiger partial charge in [-0.05, 0) is 12.1 Å². The molecule has 18 heavy (non-hydrogen) atoms. The Morgan fingerprint density at radius 3 is 2.50 bits per heavy atom. The van der Waals surface area contributed by atoms with Gasteiger partial charge in [-0.3, -0.25) is 4.79 Å². The van der Waals surface area contributed by atoms with E-state index in [9.17, 15) is 4.79 Å². The van der Waals surface area contributed by atoms with E-state index < -0.39 is 5.91 Å². The van der Waals surface area contributed by atoms with Crippen LogP contribution in [0.2, 0.25) is 0 Å². The number of hydrogen-bond acceptors (Lipinski definition) is 4. The van der Waals surface area contributed by atoms with Gasteiger partial charge in [0.05, 0.1) is 12.1 Å². The smallest absolute Gasteiger partial charge is 0.291 e. The van der Waals surface area contributed by atoms with Crippen LogP contribution in [0.25, 0.3) is 11.0 Å². The molecule has 0 fully saturated rings. The third kappa shape index (κ3) is 2.16. The summed E-state index contributed by atoms with van der Waals surface area (Å²) >= 11 is 0. The molecule has 0 aliphatic rings. The van der Waals surface area contributed by atoms with Crippen molar-refractivity contribution in [2.45, 2.75) is 0 Å². The summed E-state index contributed by atoms with van der Waals surface area (Å²) in [5.74, 6) is -0.309. The lowest BCUT2D eigenvalue weighted by atomic mass is 10.2. The fourth-order valence-corrected chi connectivity index (χ4v) is 1.61. The number of furan rings is 1. The van der Waals surface area contributed by atoms with Crippen LogP contribution in [0.1, 0.15) is 10.6 Å². The van der Waals surface area contributed by atoms with E-state index in [1.165, 1.54) is 0 Å². The van der Waals surface area contributed by atoms with Crippen LogP contribution < -0.4 is 0 Å². The van der Waals surface area contributed by atoms with Crippen molar-refractivity contribution in [2.24, 2.45) is 0 Å². The van der Waals surface area contributed by atoms with Gasteiger partial charge in [-0.15, -0.1) is 0 Å². The normalized spacial score (nSPS) is 9.67. The highest BCUT2D eigenvalue weighted by molar-refractivity contribution is 5.96. The van der Waals surface area contributed by atoms with Crippen LogP contribution in [0.5, 0.6) is 0 Å². The first-order valence-corrected chi connectivity index (χ1v) is 5.28. The van der Waals surface area contributed by atoms with Crippen LogP contribution >= 0.6 is 0 Å². The molecule has 1 amide bonds. The minimum atomic E-state index is -0.450. The number of nitrogens with zero attached hydrogens (tertiary/aromatic N) is 3. The van der Waals surface area contributed by atoms with Crippen molar-refractivity contribution >= 4 is 16.9 Å². The summed E-state index contributed by atoms with van der Waals surface area (Å²) in [5.41, 5.74) is 0.606. The zero-order chi connectivity index (χ0) is 13.0. The zero-order valence-corrected chi connectivity index (χ0v) is 9.46. The van der Waals surface area contributed by atoms with E-state index >= 15 is 0 Å². The van der Waals surface area contributed by atoms with Gasteiger partial charge in [0.25, 0.3) is 5.91 Å². The Morgan fingerprint density at radius 1 is 1.22 bits per heavy atom. The highest BCUT2D eigenvalue weighted by atomic mass is 16.3. The first-order valence-electron chi connectivity index (χ1n) is 5.28. The predicted molar refractivity (Wildman–Crippen MR) is 63.3 cm³/mol. The first-order chi connectivity index (χ1) is 8.76. The van der Waals surface area contributed by atoms with Crippen molar-refractivity contribution in [1.29, 1.82) is 10.5 Å². The van der Waals surface area contributed by atoms with Crippen LogP contribution in [0.4, 0.5) is 0 Å². The number of fused-ring (bicyclic) bond motifs is 1. The average molecular weight is 239 g/mol. The van der Waals surface area contributed by atoms with E-state index in [1.54, 1.807) is 12.1 Å². The van der Waals surface area contributed by atoms with E-state index in [0.29, 0.717) is 5.58 Å². The van der Waals surface area contributed by atoms with Crippen molar-refractivity contribution in [3.05, 3.63) is 36.1 Å². The molecule has 0 unspecified atom stereocenters. The summed E-state index contributed by atoms with van der Waals surface area (Å²) in [6, 6.07) is 12.5. The molecule has 5 heteroatoms. The maximum absolute atomic E-state index is 12.0. The number of carbonyl (C=O) groups excluding carboxylic acids is 1. The molecule has 0 radical (unpaired) electrons. The van der Waals surface area contributed by atoms with Crippen molar-refractivity contribution < 1.29 is 9.21 Å². The Hall–Kier alpha value is -2.79. The minimum absolute atomic E-state index is 0.135. The van der Waals surface area contributed by atoms with Gasteiger partial charge >= 0.3 is 0 Å². The molecule has 2 aromatic rings. The molecule has 0 aliphatic carbocycles. The van der Waals surface area contributed by atoms with Crippen molar-refractivity contribution in [1.82, 2.24) is 4.90 Å². The lowest BCUT2D eigenvalue weighted by Gasteiger charge is -2.13. The van der Waals surface area contributed by atoms with Crippen LogP contribution in [-0.2, 0) is 0 Å². The number of hydrogen-bond donors (Lipinski definition) is 0. The third-order valence-electron chi connectivity index (χ3n) is 2.45. The molecule has 5 nitrogen and oxygen atoms in total. The molecule has 2 rings (SSSR count). The van der Waals surface area contributed by atoms with Crippen molar-refractivity contribution in [3.63, 3.8) is 0 Å². The molecule has 0 N–H and O–H groups in total. The predicted octanol–water partition coefficient (Wildman–Crippen LogP) is 1.92. The van der Waals surface area contributed by atoms with Crippen molar-refractivity contribution in [3.8, 4) is 12.1 Å². The summed E-state index contributed by atoms with van der Waals surface area (Å²) in [6.45, 7) is -0.271. The van der Waals surface area contributed by atoms with Gasteiger partial charge in [-0.2, -0.15) is 10.5 Å². The zero-order valence-electron chi connectivity index (χ0n) is 9.46. The Labute approximate surface area is 103 Å². The monoisotopic (exact) mass is 239 g/mol. The van der Waals surface area contributed by atoms with Gasteiger partial charge in [-0.1, -0.05) is 18.2 Å². The van der Waals surface area contributed by atoms with E-state index in [1.807, 2.05) is 30.3 Å². The molecule has 88 valence electrons. The summed E-state index contributed by atoms with van der Waals surface area (Å²) in [6.07, 6.45) is 0. The number of amides is 1. The molecule has 0 bridgehead atoms. The highest BCUT2D eigenvalue weighted by Gasteiger charge is 2.19. The second-order valence-electron chi connectivity index (χ2n) is 3.63. The molecular weight excluding hydrogens is 230 g/mol. The second-order valence-corrected chi connectivity index (χ2v) is 3.63.